The molecule has 2 heterocycles. The van der Waals surface area contributed by atoms with E-state index in [0.29, 0.717) is 6.42 Å². The molecule has 0 atom stereocenters. The second-order valence-corrected chi connectivity index (χ2v) is 6.21. The molecular weight excluding hydrogens is 316 g/mol. The lowest BCUT2D eigenvalue weighted by Gasteiger charge is -2.15. The van der Waals surface area contributed by atoms with Gasteiger partial charge in [0, 0.05) is 29.7 Å². The minimum atomic E-state index is -0.0761. The number of anilines is 2. The number of nitrogens with zero attached hydrogens (tertiary/aromatic N) is 2. The normalized spacial score (nSPS) is 14.2. The molecule has 1 aliphatic rings. The first kappa shape index (κ1) is 15.4. The fourth-order valence-corrected chi connectivity index (χ4v) is 3.13. The van der Waals surface area contributed by atoms with E-state index in [1.807, 2.05) is 42.5 Å². The molecule has 4 rings (SSSR count). The van der Waals surface area contributed by atoms with Gasteiger partial charge in [-0.25, -0.2) is 0 Å². The number of rotatable bonds is 4. The van der Waals surface area contributed by atoms with Crippen molar-refractivity contribution in [1.82, 2.24) is 10.2 Å². The Kier molecular flexibility index (Phi) is 3.93. The van der Waals surface area contributed by atoms with Crippen molar-refractivity contribution in [1.29, 1.82) is 0 Å². The van der Waals surface area contributed by atoms with E-state index in [2.05, 4.69) is 15.5 Å². The van der Waals surface area contributed by atoms with Crippen LogP contribution in [-0.2, 0) is 16.0 Å². The first-order chi connectivity index (χ1) is 12.2. The van der Waals surface area contributed by atoms with Crippen LogP contribution >= 0.6 is 0 Å². The first-order valence-corrected chi connectivity index (χ1v) is 8.31. The molecule has 0 saturated carbocycles. The molecular formula is C19H18N4O2. The van der Waals surface area contributed by atoms with Crippen molar-refractivity contribution in [3.8, 4) is 0 Å². The van der Waals surface area contributed by atoms with E-state index in [9.17, 15) is 9.59 Å². The summed E-state index contributed by atoms with van der Waals surface area (Å²) in [7, 11) is 0. The van der Waals surface area contributed by atoms with Gasteiger partial charge in [-0.2, -0.15) is 5.10 Å². The van der Waals surface area contributed by atoms with Crippen molar-refractivity contribution < 1.29 is 9.59 Å². The van der Waals surface area contributed by atoms with Crippen LogP contribution in [0.15, 0.2) is 48.7 Å². The first-order valence-electron chi connectivity index (χ1n) is 8.31. The van der Waals surface area contributed by atoms with Crippen LogP contribution in [0, 0.1) is 0 Å². The number of carbonyl (C=O) groups excluding carboxylic acids is 2. The molecule has 2 aromatic carbocycles. The maximum absolute atomic E-state index is 12.3. The predicted octanol–water partition coefficient (Wildman–Crippen LogP) is 2.87. The lowest BCUT2D eigenvalue weighted by Crippen LogP contribution is -2.23. The zero-order chi connectivity index (χ0) is 17.2. The predicted molar refractivity (Wildman–Crippen MR) is 96.5 cm³/mol. The molecule has 0 spiro atoms. The van der Waals surface area contributed by atoms with Gasteiger partial charge in [0.15, 0.2) is 0 Å². The third-order valence-corrected chi connectivity index (χ3v) is 4.41. The van der Waals surface area contributed by atoms with Gasteiger partial charge in [0.25, 0.3) is 0 Å². The van der Waals surface area contributed by atoms with Crippen LogP contribution in [0.25, 0.3) is 10.9 Å². The second kappa shape index (κ2) is 6.39. The minimum Gasteiger partial charge on any atom is -0.326 e. The summed E-state index contributed by atoms with van der Waals surface area (Å²) >= 11 is 0. The second-order valence-electron chi connectivity index (χ2n) is 6.21. The number of fused-ring (bicyclic) bond motifs is 1. The number of hydrogen-bond donors (Lipinski definition) is 2. The molecule has 0 radical (unpaired) electrons. The molecule has 3 aromatic rings. The molecule has 25 heavy (non-hydrogen) atoms. The van der Waals surface area contributed by atoms with Crippen molar-refractivity contribution in [3.05, 3.63) is 54.2 Å². The minimum absolute atomic E-state index is 0.0761. The molecule has 1 aromatic heterocycles. The number of amides is 2. The summed E-state index contributed by atoms with van der Waals surface area (Å²) in [6.45, 7) is 0.773. The van der Waals surface area contributed by atoms with Gasteiger partial charge in [-0.3, -0.25) is 14.7 Å². The van der Waals surface area contributed by atoms with E-state index >= 15 is 0 Å². The topological polar surface area (TPSA) is 78.1 Å². The number of carbonyl (C=O) groups is 2. The van der Waals surface area contributed by atoms with Crippen LogP contribution in [-0.4, -0.2) is 28.6 Å². The highest BCUT2D eigenvalue weighted by Crippen LogP contribution is 2.22. The van der Waals surface area contributed by atoms with Gasteiger partial charge < -0.3 is 10.2 Å². The summed E-state index contributed by atoms with van der Waals surface area (Å²) in [6, 6.07) is 13.2. The largest absolute Gasteiger partial charge is 0.326 e. The van der Waals surface area contributed by atoms with Gasteiger partial charge >= 0.3 is 0 Å². The molecule has 0 unspecified atom stereocenters. The van der Waals surface area contributed by atoms with Crippen LogP contribution in [0.4, 0.5) is 11.4 Å². The highest BCUT2D eigenvalue weighted by Gasteiger charge is 2.21. The zero-order valence-corrected chi connectivity index (χ0v) is 13.7. The molecule has 0 aliphatic carbocycles. The van der Waals surface area contributed by atoms with Crippen molar-refractivity contribution in [2.24, 2.45) is 0 Å². The SMILES string of the molecule is O=C(Cc1ccc(N2CCCC2=O)cc1)Nc1ccc2[nH]ncc2c1. The van der Waals surface area contributed by atoms with Crippen LogP contribution in [0.2, 0.25) is 0 Å². The molecule has 6 nitrogen and oxygen atoms in total. The number of aromatic nitrogens is 2. The standard InChI is InChI=1S/C19H18N4O2/c24-18(21-15-5-8-17-14(11-15)12-20-22-17)10-13-3-6-16(7-4-13)23-9-1-2-19(23)25/h3-8,11-12H,1-2,9-10H2,(H,20,22)(H,21,24). The highest BCUT2D eigenvalue weighted by atomic mass is 16.2. The number of benzene rings is 2. The van der Waals surface area contributed by atoms with Crippen LogP contribution in [0.1, 0.15) is 18.4 Å². The lowest BCUT2D eigenvalue weighted by atomic mass is 10.1. The highest BCUT2D eigenvalue weighted by molar-refractivity contribution is 5.96. The molecule has 1 fully saturated rings. The Morgan fingerprint density at radius 1 is 1.20 bits per heavy atom. The monoisotopic (exact) mass is 334 g/mol. The van der Waals surface area contributed by atoms with Gasteiger partial charge in [0.2, 0.25) is 11.8 Å². The van der Waals surface area contributed by atoms with E-state index in [1.54, 1.807) is 11.1 Å². The number of hydrogen-bond acceptors (Lipinski definition) is 3. The Morgan fingerprint density at radius 2 is 2.04 bits per heavy atom. The quantitative estimate of drug-likeness (QED) is 0.770. The Hall–Kier alpha value is -3.15. The van der Waals surface area contributed by atoms with Gasteiger partial charge in [-0.05, 0) is 42.3 Å². The third-order valence-electron chi connectivity index (χ3n) is 4.41. The van der Waals surface area contributed by atoms with Gasteiger partial charge in [-0.15, -0.1) is 0 Å². The average molecular weight is 334 g/mol. The lowest BCUT2D eigenvalue weighted by molar-refractivity contribution is -0.117. The molecule has 0 bridgehead atoms. The maximum atomic E-state index is 12.3. The van der Waals surface area contributed by atoms with Gasteiger partial charge in [0.1, 0.15) is 0 Å². The Morgan fingerprint density at radius 3 is 2.80 bits per heavy atom. The summed E-state index contributed by atoms with van der Waals surface area (Å²) in [5.74, 6) is 0.0907. The molecule has 2 N–H and O–H groups in total. The van der Waals surface area contributed by atoms with Crippen LogP contribution in [0.5, 0.6) is 0 Å². The van der Waals surface area contributed by atoms with E-state index in [1.165, 1.54) is 0 Å². The summed E-state index contributed by atoms with van der Waals surface area (Å²) in [5.41, 5.74) is 3.50. The fourth-order valence-electron chi connectivity index (χ4n) is 3.13. The zero-order valence-electron chi connectivity index (χ0n) is 13.7. The summed E-state index contributed by atoms with van der Waals surface area (Å²) in [4.78, 5) is 25.8. The van der Waals surface area contributed by atoms with Gasteiger partial charge in [-0.1, -0.05) is 12.1 Å². The van der Waals surface area contributed by atoms with Crippen molar-refractivity contribution in [2.45, 2.75) is 19.3 Å². The van der Waals surface area contributed by atoms with E-state index in [-0.39, 0.29) is 18.2 Å². The van der Waals surface area contributed by atoms with Crippen molar-refractivity contribution in [3.63, 3.8) is 0 Å². The number of aromatic amines is 1. The van der Waals surface area contributed by atoms with Crippen LogP contribution in [0.3, 0.4) is 0 Å². The Balaban J connectivity index is 1.41. The van der Waals surface area contributed by atoms with Gasteiger partial charge in [0.05, 0.1) is 18.1 Å². The summed E-state index contributed by atoms with van der Waals surface area (Å²) in [6.07, 6.45) is 3.54. The molecule has 2 amide bonds. The Bertz CT molecular complexity index is 930. The molecule has 126 valence electrons. The summed E-state index contributed by atoms with van der Waals surface area (Å²) in [5, 5.41) is 10.7. The summed E-state index contributed by atoms with van der Waals surface area (Å²) < 4.78 is 0. The molecule has 1 aliphatic heterocycles. The Labute approximate surface area is 144 Å². The van der Waals surface area contributed by atoms with Crippen molar-refractivity contribution >= 4 is 34.1 Å². The number of nitrogens with one attached hydrogen (secondary N) is 2. The van der Waals surface area contributed by atoms with Crippen LogP contribution < -0.4 is 10.2 Å². The maximum Gasteiger partial charge on any atom is 0.228 e. The third kappa shape index (κ3) is 3.24. The number of H-pyrrole nitrogens is 1. The smallest absolute Gasteiger partial charge is 0.228 e. The average Bonchev–Trinajstić information content (AvgIpc) is 3.24. The van der Waals surface area contributed by atoms with Crippen molar-refractivity contribution in [2.75, 3.05) is 16.8 Å². The van der Waals surface area contributed by atoms with E-state index in [0.717, 1.165) is 40.8 Å². The fraction of sp³-hybridized carbons (Fsp3) is 0.211. The molecule has 6 heteroatoms. The molecule has 1 saturated heterocycles. The van der Waals surface area contributed by atoms with E-state index < -0.39 is 0 Å². The van der Waals surface area contributed by atoms with E-state index in [4.69, 9.17) is 0 Å².